The second-order valence-electron chi connectivity index (χ2n) is 6.73. The summed E-state index contributed by atoms with van der Waals surface area (Å²) in [5.41, 5.74) is 0.125. The molecule has 5 nitrogen and oxygen atoms in total. The Kier molecular flexibility index (Phi) is 5.99. The molecule has 5 heteroatoms. The minimum Gasteiger partial charge on any atom is -0.465 e. The molecule has 1 fully saturated rings. The summed E-state index contributed by atoms with van der Waals surface area (Å²) in [6, 6.07) is 10.3. The van der Waals surface area contributed by atoms with Crippen molar-refractivity contribution in [1.29, 1.82) is 0 Å². The topological polar surface area (TPSA) is 52.6 Å². The summed E-state index contributed by atoms with van der Waals surface area (Å²) in [4.78, 5) is 25.0. The van der Waals surface area contributed by atoms with Crippen LogP contribution in [0, 0.1) is 5.41 Å². The van der Waals surface area contributed by atoms with Gasteiger partial charge in [-0.1, -0.05) is 30.3 Å². The van der Waals surface area contributed by atoms with E-state index < -0.39 is 17.4 Å². The minimum absolute atomic E-state index is 0.274. The fourth-order valence-electron chi connectivity index (χ4n) is 3.37. The number of rotatable bonds is 6. The molecule has 1 aromatic carbocycles. The largest absolute Gasteiger partial charge is 0.465 e. The predicted molar refractivity (Wildman–Crippen MR) is 91.0 cm³/mol. The average molecular weight is 334 g/mol. The molecule has 0 radical (unpaired) electrons. The first-order valence-corrected chi connectivity index (χ1v) is 8.68. The summed E-state index contributed by atoms with van der Waals surface area (Å²) >= 11 is 0. The van der Waals surface area contributed by atoms with Gasteiger partial charge in [-0.3, -0.25) is 9.59 Å². The van der Waals surface area contributed by atoms with Crippen molar-refractivity contribution in [3.63, 3.8) is 0 Å². The fourth-order valence-corrected chi connectivity index (χ4v) is 3.37. The molecule has 0 atom stereocenters. The zero-order valence-corrected chi connectivity index (χ0v) is 14.9. The molecule has 1 aliphatic rings. The molecule has 1 saturated heterocycles. The normalized spacial score (nSPS) is 18.6. The van der Waals surface area contributed by atoms with Gasteiger partial charge in [-0.15, -0.1) is 0 Å². The second kappa shape index (κ2) is 7.79. The van der Waals surface area contributed by atoms with Gasteiger partial charge in [0, 0.05) is 18.4 Å². The number of piperidine rings is 1. The van der Waals surface area contributed by atoms with Gasteiger partial charge in [-0.05, 0) is 13.8 Å². The smallest absolute Gasteiger partial charge is 0.323 e. The van der Waals surface area contributed by atoms with Crippen molar-refractivity contribution in [3.8, 4) is 0 Å². The van der Waals surface area contributed by atoms with E-state index in [0.29, 0.717) is 12.8 Å². The molecule has 1 aliphatic heterocycles. The SMILES string of the molecule is CCOC(=O)C1(C(=O)OCC)CC[N+](C)(Cc2ccccc2)CC1. The summed E-state index contributed by atoms with van der Waals surface area (Å²) in [5, 5.41) is 0. The summed E-state index contributed by atoms with van der Waals surface area (Å²) in [7, 11) is 2.17. The summed E-state index contributed by atoms with van der Waals surface area (Å²) in [6.45, 7) is 6.44. The van der Waals surface area contributed by atoms with Crippen molar-refractivity contribution in [2.75, 3.05) is 33.4 Å². The Morgan fingerprint density at radius 3 is 1.96 bits per heavy atom. The van der Waals surface area contributed by atoms with Crippen molar-refractivity contribution in [1.82, 2.24) is 0 Å². The number of likely N-dealkylation sites (tertiary alicyclic amines) is 1. The molecule has 24 heavy (non-hydrogen) atoms. The van der Waals surface area contributed by atoms with Crippen LogP contribution in [0.25, 0.3) is 0 Å². The number of carbonyl (C=O) groups is 2. The van der Waals surface area contributed by atoms with Gasteiger partial charge in [0.2, 0.25) is 0 Å². The molecule has 0 bridgehead atoms. The number of carbonyl (C=O) groups excluding carboxylic acids is 2. The minimum atomic E-state index is -1.14. The summed E-state index contributed by atoms with van der Waals surface area (Å²) in [5.74, 6) is -0.871. The van der Waals surface area contributed by atoms with E-state index in [1.54, 1.807) is 13.8 Å². The average Bonchev–Trinajstić information content (AvgIpc) is 2.57. The molecule has 0 N–H and O–H groups in total. The number of ether oxygens (including phenoxy) is 2. The Labute approximate surface area is 144 Å². The highest BCUT2D eigenvalue weighted by molar-refractivity contribution is 6.00. The lowest BCUT2D eigenvalue weighted by atomic mass is 9.77. The maximum atomic E-state index is 12.5. The van der Waals surface area contributed by atoms with Crippen LogP contribution in [-0.2, 0) is 25.6 Å². The molecule has 0 unspecified atom stereocenters. The Balaban J connectivity index is 2.13. The Morgan fingerprint density at radius 2 is 1.50 bits per heavy atom. The molecule has 1 heterocycles. The number of hydrogen-bond donors (Lipinski definition) is 0. The molecule has 1 aromatic rings. The van der Waals surface area contributed by atoms with E-state index in [2.05, 4.69) is 19.2 Å². The zero-order valence-electron chi connectivity index (χ0n) is 14.9. The lowest BCUT2D eigenvalue weighted by molar-refractivity contribution is -0.928. The molecule has 0 aliphatic carbocycles. The van der Waals surface area contributed by atoms with Gasteiger partial charge in [-0.25, -0.2) is 0 Å². The maximum absolute atomic E-state index is 12.5. The third-order valence-electron chi connectivity index (χ3n) is 4.90. The Morgan fingerprint density at radius 1 is 1.00 bits per heavy atom. The van der Waals surface area contributed by atoms with Crippen LogP contribution >= 0.6 is 0 Å². The van der Waals surface area contributed by atoms with Crippen LogP contribution in [-0.4, -0.2) is 49.8 Å². The highest BCUT2D eigenvalue weighted by Gasteiger charge is 2.54. The molecule has 0 saturated carbocycles. The highest BCUT2D eigenvalue weighted by atomic mass is 16.6. The number of benzene rings is 1. The first-order valence-electron chi connectivity index (χ1n) is 8.68. The molecule has 0 spiro atoms. The lowest BCUT2D eigenvalue weighted by Gasteiger charge is -2.43. The van der Waals surface area contributed by atoms with Crippen molar-refractivity contribution < 1.29 is 23.5 Å². The van der Waals surface area contributed by atoms with Crippen molar-refractivity contribution in [3.05, 3.63) is 35.9 Å². The van der Waals surface area contributed by atoms with E-state index in [1.165, 1.54) is 5.56 Å². The predicted octanol–water partition coefficient (Wildman–Crippen LogP) is 2.54. The number of quaternary nitrogens is 1. The summed E-state index contributed by atoms with van der Waals surface area (Å²) in [6.07, 6.45) is 0.933. The van der Waals surface area contributed by atoms with Crippen molar-refractivity contribution >= 4 is 11.9 Å². The van der Waals surface area contributed by atoms with Gasteiger partial charge >= 0.3 is 11.9 Å². The summed E-state index contributed by atoms with van der Waals surface area (Å²) < 4.78 is 11.2. The standard InChI is InChI=1S/C19H28NO4/c1-4-23-17(21)19(18(22)24-5-2)11-13-20(3,14-12-19)15-16-9-7-6-8-10-16/h6-10H,4-5,11-15H2,1-3H3/q+1. The van der Waals surface area contributed by atoms with Crippen LogP contribution in [0.2, 0.25) is 0 Å². The number of nitrogens with zero attached hydrogens (tertiary/aromatic N) is 1. The quantitative estimate of drug-likeness (QED) is 0.456. The van der Waals surface area contributed by atoms with Crippen LogP contribution in [0.1, 0.15) is 32.3 Å². The van der Waals surface area contributed by atoms with Crippen LogP contribution in [0.3, 0.4) is 0 Å². The van der Waals surface area contributed by atoms with Gasteiger partial charge in [-0.2, -0.15) is 0 Å². The second-order valence-corrected chi connectivity index (χ2v) is 6.73. The number of hydrogen-bond acceptors (Lipinski definition) is 4. The van der Waals surface area contributed by atoms with Crippen LogP contribution in [0.15, 0.2) is 30.3 Å². The van der Waals surface area contributed by atoms with Crippen LogP contribution in [0.4, 0.5) is 0 Å². The molecular formula is C19H28NO4+. The Bertz CT molecular complexity index is 542. The van der Waals surface area contributed by atoms with E-state index >= 15 is 0 Å². The van der Waals surface area contributed by atoms with Crippen LogP contribution in [0.5, 0.6) is 0 Å². The first kappa shape index (κ1) is 18.5. The molecular weight excluding hydrogens is 306 g/mol. The van der Waals surface area contributed by atoms with Gasteiger partial charge in [0.05, 0.1) is 33.4 Å². The van der Waals surface area contributed by atoms with Crippen molar-refractivity contribution in [2.24, 2.45) is 5.41 Å². The van der Waals surface area contributed by atoms with E-state index in [1.807, 2.05) is 18.2 Å². The third kappa shape index (κ3) is 3.96. The molecule has 0 amide bonds. The van der Waals surface area contributed by atoms with Gasteiger partial charge < -0.3 is 14.0 Å². The Hall–Kier alpha value is -1.88. The molecule has 2 rings (SSSR count). The first-order chi connectivity index (χ1) is 11.5. The molecule has 0 aromatic heterocycles. The number of esters is 2. The molecule has 132 valence electrons. The van der Waals surface area contributed by atoms with Crippen molar-refractivity contribution in [2.45, 2.75) is 33.2 Å². The van der Waals surface area contributed by atoms with E-state index in [9.17, 15) is 9.59 Å². The zero-order chi connectivity index (χ0) is 17.6. The van der Waals surface area contributed by atoms with Gasteiger partial charge in [0.25, 0.3) is 0 Å². The maximum Gasteiger partial charge on any atom is 0.323 e. The monoisotopic (exact) mass is 334 g/mol. The van der Waals surface area contributed by atoms with E-state index in [0.717, 1.165) is 24.1 Å². The third-order valence-corrected chi connectivity index (χ3v) is 4.90. The van der Waals surface area contributed by atoms with Crippen LogP contribution < -0.4 is 0 Å². The fraction of sp³-hybridized carbons (Fsp3) is 0.579. The van der Waals surface area contributed by atoms with E-state index in [-0.39, 0.29) is 13.2 Å². The lowest BCUT2D eigenvalue weighted by Crippen LogP contribution is -2.57. The van der Waals surface area contributed by atoms with E-state index in [4.69, 9.17) is 9.47 Å². The van der Waals surface area contributed by atoms with Gasteiger partial charge in [0.15, 0.2) is 5.41 Å². The highest BCUT2D eigenvalue weighted by Crippen LogP contribution is 2.37. The van der Waals surface area contributed by atoms with Gasteiger partial charge in [0.1, 0.15) is 6.54 Å².